The van der Waals surface area contributed by atoms with Crippen molar-refractivity contribution in [2.24, 2.45) is 11.3 Å². The maximum Gasteiger partial charge on any atom is 0.148 e. The molecule has 0 radical (unpaired) electrons. The Morgan fingerprint density at radius 3 is 2.42 bits per heavy atom. The van der Waals surface area contributed by atoms with Crippen LogP contribution in [0.2, 0.25) is 0 Å². The van der Waals surface area contributed by atoms with E-state index in [2.05, 4.69) is 0 Å². The molecule has 0 spiro atoms. The Hall–Kier alpha value is -0.590. The lowest BCUT2D eigenvalue weighted by Gasteiger charge is -2.45. The van der Waals surface area contributed by atoms with E-state index in [0.29, 0.717) is 6.61 Å². The third kappa shape index (κ3) is 1.60. The van der Waals surface area contributed by atoms with Crippen molar-refractivity contribution in [2.75, 3.05) is 6.61 Å². The van der Waals surface area contributed by atoms with Gasteiger partial charge in [0.1, 0.15) is 6.10 Å². The van der Waals surface area contributed by atoms with E-state index >= 15 is 0 Å². The van der Waals surface area contributed by atoms with Gasteiger partial charge >= 0.3 is 0 Å². The van der Waals surface area contributed by atoms with Crippen molar-refractivity contribution in [3.63, 3.8) is 0 Å². The molecule has 0 amide bonds. The van der Waals surface area contributed by atoms with Crippen LogP contribution in [0.4, 0.5) is 0 Å². The second-order valence-corrected chi connectivity index (χ2v) is 4.36. The molecule has 0 saturated carbocycles. The average Bonchev–Trinajstić information content (AvgIpc) is 1.80. The lowest BCUT2D eigenvalue weighted by Crippen LogP contribution is -2.52. The molecule has 1 aliphatic heterocycles. The van der Waals surface area contributed by atoms with Crippen LogP contribution in [0.1, 0.15) is 20.8 Å². The van der Waals surface area contributed by atoms with Crippen molar-refractivity contribution in [1.29, 1.82) is 5.26 Å². The van der Waals surface area contributed by atoms with E-state index < -0.39 is 6.10 Å². The van der Waals surface area contributed by atoms with Gasteiger partial charge in [0.25, 0.3) is 0 Å². The molecule has 1 fully saturated rings. The van der Waals surface area contributed by atoms with Gasteiger partial charge in [-0.2, -0.15) is 5.26 Å². The van der Waals surface area contributed by atoms with Crippen LogP contribution < -0.4 is 0 Å². The van der Waals surface area contributed by atoms with Crippen LogP contribution in [0.5, 0.6) is 0 Å². The second kappa shape index (κ2) is 3.04. The van der Waals surface area contributed by atoms with E-state index in [0.717, 1.165) is 0 Å². The molecular formula is C9H15NO2. The summed E-state index contributed by atoms with van der Waals surface area (Å²) in [6.45, 7) is 6.66. The van der Waals surface area contributed by atoms with Gasteiger partial charge in [-0.15, -0.1) is 0 Å². The van der Waals surface area contributed by atoms with Gasteiger partial charge < -0.3 is 9.84 Å². The van der Waals surface area contributed by atoms with Gasteiger partial charge in [0.05, 0.1) is 18.8 Å². The van der Waals surface area contributed by atoms with Crippen molar-refractivity contribution in [1.82, 2.24) is 0 Å². The largest absolute Gasteiger partial charge is 0.378 e. The molecule has 3 unspecified atom stereocenters. The topological polar surface area (TPSA) is 53.2 Å². The zero-order chi connectivity index (χ0) is 9.35. The molecule has 1 aliphatic rings. The zero-order valence-corrected chi connectivity index (χ0v) is 7.74. The number of ether oxygens (including phenoxy) is 1. The molecule has 1 N–H and O–H groups in total. The highest BCUT2D eigenvalue weighted by Gasteiger charge is 2.44. The van der Waals surface area contributed by atoms with Crippen molar-refractivity contribution >= 4 is 0 Å². The first-order chi connectivity index (χ1) is 5.46. The van der Waals surface area contributed by atoms with Crippen LogP contribution in [0, 0.1) is 22.7 Å². The van der Waals surface area contributed by atoms with Crippen molar-refractivity contribution in [3.8, 4) is 6.07 Å². The SMILES string of the molecule is CC(C)(C)C1OCC1C(O)C#N. The molecule has 3 atom stereocenters. The predicted molar refractivity (Wildman–Crippen MR) is 44.3 cm³/mol. The lowest BCUT2D eigenvalue weighted by atomic mass is 9.76. The number of aliphatic hydroxyl groups excluding tert-OH is 1. The number of aliphatic hydroxyl groups is 1. The van der Waals surface area contributed by atoms with Crippen LogP contribution >= 0.6 is 0 Å². The van der Waals surface area contributed by atoms with Gasteiger partial charge in [-0.25, -0.2) is 0 Å². The van der Waals surface area contributed by atoms with Gasteiger partial charge in [-0.3, -0.25) is 0 Å². The standard InChI is InChI=1S/C9H15NO2/c1-9(2,3)8-6(5-12-8)7(11)4-10/h6-8,11H,5H2,1-3H3. The number of hydrogen-bond donors (Lipinski definition) is 1. The monoisotopic (exact) mass is 169 g/mol. The molecule has 0 aliphatic carbocycles. The van der Waals surface area contributed by atoms with Crippen molar-refractivity contribution in [3.05, 3.63) is 0 Å². The summed E-state index contributed by atoms with van der Waals surface area (Å²) in [6.07, 6.45) is -0.852. The molecule has 1 rings (SSSR count). The van der Waals surface area contributed by atoms with E-state index in [1.807, 2.05) is 26.8 Å². The summed E-state index contributed by atoms with van der Waals surface area (Å²) in [5.41, 5.74) is 0.0146. The van der Waals surface area contributed by atoms with Crippen LogP contribution in [0.25, 0.3) is 0 Å². The second-order valence-electron chi connectivity index (χ2n) is 4.36. The summed E-state index contributed by atoms with van der Waals surface area (Å²) in [5.74, 6) is -0.00463. The molecule has 68 valence electrons. The molecule has 0 aromatic carbocycles. The minimum absolute atomic E-state index is 0.00463. The molecule has 12 heavy (non-hydrogen) atoms. The van der Waals surface area contributed by atoms with Gasteiger partial charge in [0.2, 0.25) is 0 Å². The summed E-state index contributed by atoms with van der Waals surface area (Å²) >= 11 is 0. The number of nitrogens with zero attached hydrogens (tertiary/aromatic N) is 1. The fourth-order valence-corrected chi connectivity index (χ4v) is 1.55. The van der Waals surface area contributed by atoms with Crippen molar-refractivity contribution in [2.45, 2.75) is 33.0 Å². The summed E-state index contributed by atoms with van der Waals surface area (Å²) < 4.78 is 5.32. The third-order valence-corrected chi connectivity index (χ3v) is 2.25. The summed E-state index contributed by atoms with van der Waals surface area (Å²) in [6, 6.07) is 1.84. The maximum absolute atomic E-state index is 9.27. The Balaban J connectivity index is 2.56. The van der Waals surface area contributed by atoms with Gasteiger partial charge in [-0.1, -0.05) is 20.8 Å². The van der Waals surface area contributed by atoms with Gasteiger partial charge in [-0.05, 0) is 5.41 Å². The number of nitriles is 1. The molecule has 3 nitrogen and oxygen atoms in total. The van der Waals surface area contributed by atoms with Crippen molar-refractivity contribution < 1.29 is 9.84 Å². The van der Waals surface area contributed by atoms with E-state index in [1.165, 1.54) is 0 Å². The summed E-state index contributed by atoms with van der Waals surface area (Å²) in [5, 5.41) is 17.8. The van der Waals surface area contributed by atoms with Gasteiger partial charge in [0.15, 0.2) is 0 Å². The smallest absolute Gasteiger partial charge is 0.148 e. The average molecular weight is 169 g/mol. The van der Waals surface area contributed by atoms with Crippen LogP contribution in [-0.2, 0) is 4.74 Å². The molecule has 3 heteroatoms. The Morgan fingerprint density at radius 2 is 2.17 bits per heavy atom. The van der Waals surface area contributed by atoms with Crippen LogP contribution in [0.15, 0.2) is 0 Å². The predicted octanol–water partition coefficient (Wildman–Crippen LogP) is 0.932. The summed E-state index contributed by atoms with van der Waals surface area (Å²) in [7, 11) is 0. The van der Waals surface area contributed by atoms with Gasteiger partial charge in [0, 0.05) is 5.92 Å². The Labute approximate surface area is 73.0 Å². The van der Waals surface area contributed by atoms with E-state index in [4.69, 9.17) is 10.00 Å². The van der Waals surface area contributed by atoms with E-state index in [9.17, 15) is 5.11 Å². The van der Waals surface area contributed by atoms with E-state index in [-0.39, 0.29) is 17.4 Å². The first-order valence-electron chi connectivity index (χ1n) is 4.16. The molecule has 1 heterocycles. The Morgan fingerprint density at radius 1 is 1.58 bits per heavy atom. The summed E-state index contributed by atoms with van der Waals surface area (Å²) in [4.78, 5) is 0. The zero-order valence-electron chi connectivity index (χ0n) is 7.74. The van der Waals surface area contributed by atoms with Crippen LogP contribution in [0.3, 0.4) is 0 Å². The maximum atomic E-state index is 9.27. The quantitative estimate of drug-likeness (QED) is 0.594. The molecule has 0 bridgehead atoms. The highest BCUT2D eigenvalue weighted by Crippen LogP contribution is 2.36. The Bertz CT molecular complexity index is 202. The van der Waals surface area contributed by atoms with E-state index in [1.54, 1.807) is 0 Å². The highest BCUT2D eigenvalue weighted by molar-refractivity contribution is 4.99. The molecule has 1 saturated heterocycles. The minimum Gasteiger partial charge on any atom is -0.378 e. The third-order valence-electron chi connectivity index (χ3n) is 2.25. The lowest BCUT2D eigenvalue weighted by molar-refractivity contribution is -0.189. The van der Waals surface area contributed by atoms with Crippen LogP contribution in [-0.4, -0.2) is 23.9 Å². The minimum atomic E-state index is -0.872. The highest BCUT2D eigenvalue weighted by atomic mass is 16.5. The fraction of sp³-hybridized carbons (Fsp3) is 0.889. The first-order valence-corrected chi connectivity index (χ1v) is 4.16. The Kier molecular flexibility index (Phi) is 2.41. The molecule has 0 aromatic heterocycles. The fourth-order valence-electron chi connectivity index (χ4n) is 1.55. The number of hydrogen-bond acceptors (Lipinski definition) is 3. The first kappa shape index (κ1) is 9.50. The molecule has 0 aromatic rings. The normalized spacial score (nSPS) is 31.9. The number of rotatable bonds is 1. The molecular weight excluding hydrogens is 154 g/mol.